The molecule has 1 aliphatic carbocycles. The number of carbonyl (C=O) groups is 1. The molecule has 27 heavy (non-hydrogen) atoms. The number of amides is 1. The van der Waals surface area contributed by atoms with Gasteiger partial charge in [0.2, 0.25) is 0 Å². The van der Waals surface area contributed by atoms with Crippen LogP contribution in [0, 0.1) is 0 Å². The van der Waals surface area contributed by atoms with E-state index in [1.165, 1.54) is 40.4 Å². The van der Waals surface area contributed by atoms with Crippen molar-refractivity contribution in [3.8, 4) is 0 Å². The summed E-state index contributed by atoms with van der Waals surface area (Å²) in [5.41, 5.74) is 3.05. The van der Waals surface area contributed by atoms with Crippen molar-refractivity contribution >= 4 is 28.6 Å². The molecule has 0 saturated heterocycles. The predicted octanol–water partition coefficient (Wildman–Crippen LogP) is 4.43. The number of aromatic nitrogens is 2. The van der Waals surface area contributed by atoms with Crippen molar-refractivity contribution in [3.63, 3.8) is 0 Å². The summed E-state index contributed by atoms with van der Waals surface area (Å²) in [5.74, 6) is -0.0796. The lowest BCUT2D eigenvalue weighted by molar-refractivity contribution is 0.0949. The van der Waals surface area contributed by atoms with Crippen LogP contribution in [0.5, 0.6) is 0 Å². The first-order chi connectivity index (χ1) is 13.3. The van der Waals surface area contributed by atoms with Crippen LogP contribution in [0.4, 0.5) is 0 Å². The monoisotopic (exact) mass is 397 g/mol. The molecule has 4 nitrogen and oxygen atoms in total. The Morgan fingerprint density at radius 1 is 1.07 bits per heavy atom. The van der Waals surface area contributed by atoms with E-state index in [0.29, 0.717) is 12.2 Å². The maximum atomic E-state index is 12.3. The van der Waals surface area contributed by atoms with Crippen LogP contribution in [0.1, 0.15) is 55.9 Å². The van der Waals surface area contributed by atoms with Crippen molar-refractivity contribution in [1.82, 2.24) is 15.3 Å². The normalized spacial score (nSPS) is 13.3. The van der Waals surface area contributed by atoms with Gasteiger partial charge in [0.15, 0.2) is 0 Å². The molecule has 1 aliphatic rings. The summed E-state index contributed by atoms with van der Waals surface area (Å²) in [6.45, 7) is 0.661. The van der Waals surface area contributed by atoms with Crippen molar-refractivity contribution in [2.75, 3.05) is 6.54 Å². The first kappa shape index (κ1) is 18.3. The Morgan fingerprint density at radius 2 is 1.93 bits per heavy atom. The molecule has 0 fully saturated rings. The van der Waals surface area contributed by atoms with Gasteiger partial charge in [-0.2, -0.15) is 0 Å². The van der Waals surface area contributed by atoms with E-state index in [1.807, 2.05) is 34.9 Å². The lowest BCUT2D eigenvalue weighted by Gasteiger charge is -2.06. The summed E-state index contributed by atoms with van der Waals surface area (Å²) < 4.78 is 0. The average Bonchev–Trinajstić information content (AvgIpc) is 3.32. The second-order valence-corrected chi connectivity index (χ2v) is 8.94. The molecule has 1 N–H and O–H groups in total. The zero-order valence-electron chi connectivity index (χ0n) is 15.2. The van der Waals surface area contributed by atoms with E-state index in [1.54, 1.807) is 11.3 Å². The maximum absolute atomic E-state index is 12.3. The second-order valence-electron chi connectivity index (χ2n) is 6.83. The van der Waals surface area contributed by atoms with Gasteiger partial charge in [-0.15, -0.1) is 22.7 Å². The Morgan fingerprint density at radius 3 is 2.78 bits per heavy atom. The minimum Gasteiger partial charge on any atom is -0.351 e. The summed E-state index contributed by atoms with van der Waals surface area (Å²) in [5, 5.41) is 7.03. The number of thiazole rings is 2. The highest BCUT2D eigenvalue weighted by Gasteiger charge is 2.15. The number of carbonyl (C=O) groups excluding carboxylic acids is 1. The van der Waals surface area contributed by atoms with E-state index in [0.717, 1.165) is 30.7 Å². The van der Waals surface area contributed by atoms with Crippen molar-refractivity contribution in [2.45, 2.75) is 44.9 Å². The largest absolute Gasteiger partial charge is 0.351 e. The van der Waals surface area contributed by atoms with Gasteiger partial charge >= 0.3 is 0 Å². The van der Waals surface area contributed by atoms with Crippen molar-refractivity contribution in [2.24, 2.45) is 0 Å². The standard InChI is InChI=1S/C21H23N3OS2/c25-21(17-14-26-20(24-17)13-15-7-2-1-3-8-15)22-12-6-11-19-23-16-9-4-5-10-18(16)27-19/h1-3,7-8,14H,4-6,9-13H2,(H,22,25). The highest BCUT2D eigenvalue weighted by Crippen LogP contribution is 2.27. The Kier molecular flexibility index (Phi) is 5.94. The summed E-state index contributed by atoms with van der Waals surface area (Å²) in [7, 11) is 0. The second kappa shape index (κ2) is 8.76. The Labute approximate surface area is 167 Å². The van der Waals surface area contributed by atoms with Gasteiger partial charge in [0.05, 0.1) is 15.7 Å². The molecule has 140 valence electrons. The Bertz CT molecular complexity index is 878. The average molecular weight is 398 g/mol. The number of rotatable bonds is 7. The van der Waals surface area contributed by atoms with Gasteiger partial charge in [-0.25, -0.2) is 9.97 Å². The van der Waals surface area contributed by atoms with Crippen LogP contribution in [0.15, 0.2) is 35.7 Å². The molecule has 4 rings (SSSR count). The first-order valence-electron chi connectivity index (χ1n) is 9.52. The fraction of sp³-hybridized carbons (Fsp3) is 0.381. The molecule has 0 unspecified atom stereocenters. The summed E-state index contributed by atoms with van der Waals surface area (Å²) in [6.07, 6.45) is 7.52. The molecule has 0 spiro atoms. The highest BCUT2D eigenvalue weighted by atomic mass is 32.1. The molecule has 0 saturated carbocycles. The Hall–Kier alpha value is -2.05. The number of aryl methyl sites for hydroxylation is 3. The molecule has 0 radical (unpaired) electrons. The molecule has 2 heterocycles. The van der Waals surface area contributed by atoms with Crippen LogP contribution < -0.4 is 5.32 Å². The van der Waals surface area contributed by atoms with E-state index in [-0.39, 0.29) is 5.91 Å². The van der Waals surface area contributed by atoms with E-state index >= 15 is 0 Å². The first-order valence-corrected chi connectivity index (χ1v) is 11.2. The van der Waals surface area contributed by atoms with E-state index in [2.05, 4.69) is 22.4 Å². The topological polar surface area (TPSA) is 54.9 Å². The molecule has 3 aromatic rings. The minimum absolute atomic E-state index is 0.0796. The van der Waals surface area contributed by atoms with Crippen molar-refractivity contribution in [1.29, 1.82) is 0 Å². The van der Waals surface area contributed by atoms with Gasteiger partial charge in [0.25, 0.3) is 5.91 Å². The zero-order chi connectivity index (χ0) is 18.5. The predicted molar refractivity (Wildman–Crippen MR) is 111 cm³/mol. The number of nitrogens with zero attached hydrogens (tertiary/aromatic N) is 2. The number of benzene rings is 1. The smallest absolute Gasteiger partial charge is 0.270 e. The maximum Gasteiger partial charge on any atom is 0.270 e. The molecule has 0 bridgehead atoms. The summed E-state index contributed by atoms with van der Waals surface area (Å²) in [4.78, 5) is 23.0. The number of nitrogens with one attached hydrogen (secondary N) is 1. The quantitative estimate of drug-likeness (QED) is 0.600. The molecule has 6 heteroatoms. The SMILES string of the molecule is O=C(NCCCc1nc2c(s1)CCCC2)c1csc(Cc2ccccc2)n1. The van der Waals surface area contributed by atoms with Crippen molar-refractivity contribution in [3.05, 3.63) is 67.6 Å². The van der Waals surface area contributed by atoms with E-state index in [9.17, 15) is 4.79 Å². The molecule has 0 aliphatic heterocycles. The minimum atomic E-state index is -0.0796. The number of fused-ring (bicyclic) bond motifs is 1. The summed E-state index contributed by atoms with van der Waals surface area (Å²) in [6, 6.07) is 10.2. The molecule has 2 aromatic heterocycles. The van der Waals surface area contributed by atoms with Crippen LogP contribution in [0.2, 0.25) is 0 Å². The molecule has 0 atom stereocenters. The summed E-state index contributed by atoms with van der Waals surface area (Å²) >= 11 is 3.40. The third-order valence-corrected chi connectivity index (χ3v) is 6.79. The molecule has 1 aromatic carbocycles. The van der Waals surface area contributed by atoms with Crippen LogP contribution in [0.25, 0.3) is 0 Å². The van der Waals surface area contributed by atoms with Crippen LogP contribution in [0.3, 0.4) is 0 Å². The van der Waals surface area contributed by atoms with Gasteiger partial charge in [-0.1, -0.05) is 30.3 Å². The van der Waals surface area contributed by atoms with Gasteiger partial charge in [0, 0.05) is 29.6 Å². The number of hydrogen-bond acceptors (Lipinski definition) is 5. The molecular formula is C21H23N3OS2. The van der Waals surface area contributed by atoms with Crippen LogP contribution in [-0.2, 0) is 25.7 Å². The van der Waals surface area contributed by atoms with E-state index in [4.69, 9.17) is 4.98 Å². The van der Waals surface area contributed by atoms with E-state index < -0.39 is 0 Å². The molecule has 1 amide bonds. The van der Waals surface area contributed by atoms with Gasteiger partial charge < -0.3 is 5.32 Å². The fourth-order valence-electron chi connectivity index (χ4n) is 3.31. The fourth-order valence-corrected chi connectivity index (χ4v) is 5.32. The Balaban J connectivity index is 1.23. The van der Waals surface area contributed by atoms with Crippen LogP contribution >= 0.6 is 22.7 Å². The van der Waals surface area contributed by atoms with Gasteiger partial charge in [-0.05, 0) is 37.7 Å². The molecular weight excluding hydrogens is 374 g/mol. The van der Waals surface area contributed by atoms with Crippen LogP contribution in [-0.4, -0.2) is 22.4 Å². The lowest BCUT2D eigenvalue weighted by atomic mass is 10.0. The van der Waals surface area contributed by atoms with Crippen molar-refractivity contribution < 1.29 is 4.79 Å². The third-order valence-electron chi connectivity index (χ3n) is 4.73. The zero-order valence-corrected chi connectivity index (χ0v) is 16.9. The number of hydrogen-bond donors (Lipinski definition) is 1. The van der Waals surface area contributed by atoms with Gasteiger partial charge in [-0.3, -0.25) is 4.79 Å². The highest BCUT2D eigenvalue weighted by molar-refractivity contribution is 7.11. The van der Waals surface area contributed by atoms with Gasteiger partial charge in [0.1, 0.15) is 5.69 Å². The third kappa shape index (κ3) is 4.82. The lowest BCUT2D eigenvalue weighted by Crippen LogP contribution is -2.25.